The smallest absolute Gasteiger partial charge is 0.0707 e. The van der Waals surface area contributed by atoms with Crippen LogP contribution in [0.3, 0.4) is 0 Å². The monoisotopic (exact) mass is 97.1 g/mol. The quantitative estimate of drug-likeness (QED) is 0.256. The Kier molecular flexibility index (Phi) is 27.0. The van der Waals surface area contributed by atoms with E-state index in [1.807, 2.05) is 0 Å². The molecule has 0 atom stereocenters. The van der Waals surface area contributed by atoms with Crippen molar-refractivity contribution in [2.45, 2.75) is 0 Å². The van der Waals surface area contributed by atoms with Gasteiger partial charge >= 0.3 is 0 Å². The van der Waals surface area contributed by atoms with E-state index in [1.54, 1.807) is 0 Å². The highest BCUT2D eigenvalue weighted by molar-refractivity contribution is 4.84. The number of nitrogens with zero attached hydrogens (tertiary/aromatic N) is 1. The minimum Gasteiger partial charge on any atom is -0.271 e. The van der Waals surface area contributed by atoms with Crippen LogP contribution in [-0.4, -0.2) is 6.54 Å². The summed E-state index contributed by atoms with van der Waals surface area (Å²) >= 11 is 0. The van der Waals surface area contributed by atoms with Gasteiger partial charge in [0.25, 0.3) is 0 Å². The third-order valence-electron chi connectivity index (χ3n) is 0.204. The van der Waals surface area contributed by atoms with Crippen LogP contribution < -0.4 is 11.3 Å². The second-order valence-corrected chi connectivity index (χ2v) is 0.585. The molecule has 0 saturated carbocycles. The number of rotatable bonds is 1. The predicted octanol–water partition coefficient (Wildman–Crippen LogP) is -0.777. The lowest BCUT2D eigenvalue weighted by Crippen LogP contribution is -2.21. The first-order chi connectivity index (χ1) is 3.41. The van der Waals surface area contributed by atoms with Gasteiger partial charge in [-0.15, -0.1) is 6.42 Å². The van der Waals surface area contributed by atoms with E-state index in [1.165, 1.54) is 0 Å². The van der Waals surface area contributed by atoms with Crippen molar-refractivity contribution in [2.24, 2.45) is 5.84 Å². The average molecular weight is 97.1 g/mol. The second kappa shape index (κ2) is 20.2. The van der Waals surface area contributed by atoms with Gasteiger partial charge in [-0.3, -0.25) is 5.84 Å². The number of hydrazine groups is 1. The topological polar surface area (TPSA) is 61.8 Å². The molecule has 0 aromatic rings. The maximum Gasteiger partial charge on any atom is 0.0707 e. The molecule has 38 valence electrons. The fraction of sp³-hybridized carbons (Fsp3) is 0.250. The van der Waals surface area contributed by atoms with Crippen LogP contribution in [0.25, 0.3) is 0 Å². The molecule has 0 aromatic heterocycles. The minimum atomic E-state index is 0.444. The largest absolute Gasteiger partial charge is 0.271 e. The van der Waals surface area contributed by atoms with Gasteiger partial charge in [-0.25, -0.2) is 10.7 Å². The van der Waals surface area contributed by atoms with Crippen LogP contribution in [0.1, 0.15) is 0 Å². The molecule has 7 heavy (non-hydrogen) atoms. The van der Waals surface area contributed by atoms with Gasteiger partial charge in [0, 0.05) is 6.57 Å². The maximum atomic E-state index is 6.50. The zero-order valence-corrected chi connectivity index (χ0v) is 3.89. The van der Waals surface area contributed by atoms with Gasteiger partial charge in [0.15, 0.2) is 0 Å². The van der Waals surface area contributed by atoms with Gasteiger partial charge < -0.3 is 0 Å². The summed E-state index contributed by atoms with van der Waals surface area (Å²) in [5, 5.41) is 6.50. The fourth-order valence-corrected chi connectivity index (χ4v) is 0.0589. The molecule has 0 rings (SSSR count). The predicted molar refractivity (Wildman–Crippen MR) is 27.7 cm³/mol. The van der Waals surface area contributed by atoms with Gasteiger partial charge in [-0.05, 0) is 0 Å². The Morgan fingerprint density at radius 3 is 2.14 bits per heavy atom. The first-order valence-electron chi connectivity index (χ1n) is 1.54. The van der Waals surface area contributed by atoms with Crippen molar-refractivity contribution in [1.82, 2.24) is 5.43 Å². The van der Waals surface area contributed by atoms with Crippen molar-refractivity contribution < 1.29 is 0 Å². The van der Waals surface area contributed by atoms with E-state index in [4.69, 9.17) is 17.5 Å². The molecule has 3 heteroatoms. The van der Waals surface area contributed by atoms with Gasteiger partial charge in [0.2, 0.25) is 0 Å². The van der Waals surface area contributed by atoms with Crippen LogP contribution in [0.5, 0.6) is 0 Å². The molecule has 3 nitrogen and oxygen atoms in total. The van der Waals surface area contributed by atoms with Gasteiger partial charge in [0.05, 0.1) is 6.54 Å². The van der Waals surface area contributed by atoms with Crippen molar-refractivity contribution in [3.8, 4) is 18.9 Å². The van der Waals surface area contributed by atoms with Gasteiger partial charge in [-0.1, -0.05) is 5.92 Å². The molecule has 0 aliphatic rings. The summed E-state index contributed by atoms with van der Waals surface area (Å²) in [5.41, 5.74) is 2.28. The van der Waals surface area contributed by atoms with Gasteiger partial charge in [-0.2, -0.15) is 0 Å². The van der Waals surface area contributed by atoms with E-state index >= 15 is 0 Å². The van der Waals surface area contributed by atoms with E-state index in [9.17, 15) is 0 Å². The molecule has 0 radical (unpaired) electrons. The molecule has 0 unspecified atom stereocenters. The van der Waals surface area contributed by atoms with Crippen molar-refractivity contribution in [3.05, 3.63) is 0 Å². The molecule has 0 fully saturated rings. The number of nitrogens with one attached hydrogen (secondary N) is 1. The zero-order chi connectivity index (χ0) is 6.12. The molecule has 3 N–H and O–H groups in total. The first-order valence-corrected chi connectivity index (χ1v) is 1.54. The molecular formula is C4H7N3. The average Bonchev–Trinajstić information content (AvgIpc) is 1.75. The van der Waals surface area contributed by atoms with Crippen molar-refractivity contribution in [1.29, 1.82) is 5.26 Å². The molecule has 0 saturated heterocycles. The first kappa shape index (κ1) is 9.36. The van der Waals surface area contributed by atoms with E-state index in [0.29, 0.717) is 6.54 Å². The summed E-state index contributed by atoms with van der Waals surface area (Å²) < 4.78 is 0. The van der Waals surface area contributed by atoms with E-state index in [0.717, 1.165) is 0 Å². The molecule has 0 amide bonds. The Morgan fingerprint density at radius 2 is 2.14 bits per heavy atom. The van der Waals surface area contributed by atoms with E-state index in [2.05, 4.69) is 17.9 Å². The van der Waals surface area contributed by atoms with Gasteiger partial charge in [0.1, 0.15) is 0 Å². The molecule has 0 aliphatic carbocycles. The normalized spacial score (nSPS) is 4.86. The van der Waals surface area contributed by atoms with Crippen LogP contribution in [0.15, 0.2) is 0 Å². The highest BCUT2D eigenvalue weighted by Gasteiger charge is 1.56. The summed E-state index contributed by atoms with van der Waals surface area (Å²) in [4.78, 5) is 0. The fourth-order valence-electron chi connectivity index (χ4n) is 0.0589. The number of nitrogens with two attached hydrogens (primary N) is 1. The van der Waals surface area contributed by atoms with Crippen molar-refractivity contribution in [3.63, 3.8) is 0 Å². The lowest BCUT2D eigenvalue weighted by Gasteiger charge is -1.77. The Bertz CT molecular complexity index is 68.7. The molecule has 0 spiro atoms. The third kappa shape index (κ3) is 46.6. The number of hydrogen-bond donors (Lipinski definition) is 2. The highest BCUT2D eigenvalue weighted by atomic mass is 15.2. The summed E-state index contributed by atoms with van der Waals surface area (Å²) in [7, 11) is 0. The molecule has 0 aromatic carbocycles. The molecular weight excluding hydrogens is 90.1 g/mol. The number of hydrogen-bond acceptors (Lipinski definition) is 3. The Balaban J connectivity index is 0. The second-order valence-electron chi connectivity index (χ2n) is 0.585. The lowest BCUT2D eigenvalue weighted by atomic mass is 10.7. The van der Waals surface area contributed by atoms with Crippen LogP contribution in [0, 0.1) is 24.2 Å². The third-order valence-corrected chi connectivity index (χ3v) is 0.204. The molecule has 0 bridgehead atoms. The summed E-state index contributed by atoms with van der Waals surface area (Å²) in [6.07, 6.45) is 4.75. The van der Waals surface area contributed by atoms with Crippen LogP contribution in [0.2, 0.25) is 0 Å². The summed E-state index contributed by atoms with van der Waals surface area (Å²) in [6, 6.07) is 0. The highest BCUT2D eigenvalue weighted by Crippen LogP contribution is 1.34. The number of terminal acetylenes is 1. The minimum absolute atomic E-state index is 0.444. The van der Waals surface area contributed by atoms with E-state index < -0.39 is 0 Å². The van der Waals surface area contributed by atoms with E-state index in [-0.39, 0.29) is 0 Å². The standard InChI is InChI=1S/C3H6N2.CHN/c1-2-3-5-4;1-2/h1,5H,3-4H2;1H. The zero-order valence-electron chi connectivity index (χ0n) is 3.89. The Morgan fingerprint density at radius 1 is 1.71 bits per heavy atom. The summed E-state index contributed by atoms with van der Waals surface area (Å²) in [6.45, 7) is 3.94. The summed E-state index contributed by atoms with van der Waals surface area (Å²) in [5.74, 6) is 7.03. The Hall–Kier alpha value is -1.03. The number of nitriles is 1. The van der Waals surface area contributed by atoms with Crippen LogP contribution in [0.4, 0.5) is 0 Å². The molecule has 0 heterocycles. The van der Waals surface area contributed by atoms with Crippen molar-refractivity contribution in [2.75, 3.05) is 6.54 Å². The van der Waals surface area contributed by atoms with Crippen molar-refractivity contribution >= 4 is 0 Å². The molecule has 0 aliphatic heterocycles. The maximum absolute atomic E-state index is 6.50. The van der Waals surface area contributed by atoms with Crippen LogP contribution in [-0.2, 0) is 0 Å². The lowest BCUT2D eigenvalue weighted by molar-refractivity contribution is 0.837. The Labute approximate surface area is 43.1 Å². The SMILES string of the molecule is C#CCNN.C#N. The van der Waals surface area contributed by atoms with Crippen LogP contribution >= 0.6 is 0 Å².